The van der Waals surface area contributed by atoms with E-state index in [2.05, 4.69) is 22.2 Å². The second-order valence-electron chi connectivity index (χ2n) is 4.28. The first kappa shape index (κ1) is 10.6. The fraction of sp³-hybridized carbons (Fsp3) is 0.727. The Morgan fingerprint density at radius 3 is 3.20 bits per heavy atom. The van der Waals surface area contributed by atoms with Crippen LogP contribution in [0.4, 0.5) is 0 Å². The summed E-state index contributed by atoms with van der Waals surface area (Å²) in [5.74, 6) is 1.42. The van der Waals surface area contributed by atoms with Gasteiger partial charge >= 0.3 is 0 Å². The van der Waals surface area contributed by atoms with E-state index in [0.29, 0.717) is 5.92 Å². The van der Waals surface area contributed by atoms with E-state index in [4.69, 9.17) is 4.42 Å². The molecule has 4 nitrogen and oxygen atoms in total. The van der Waals surface area contributed by atoms with Crippen LogP contribution in [0.5, 0.6) is 0 Å². The van der Waals surface area contributed by atoms with E-state index in [9.17, 15) is 0 Å². The Labute approximate surface area is 90.7 Å². The highest BCUT2D eigenvalue weighted by atomic mass is 16.3. The van der Waals surface area contributed by atoms with Gasteiger partial charge in [0.1, 0.15) is 6.26 Å². The predicted molar refractivity (Wildman–Crippen MR) is 59.0 cm³/mol. The summed E-state index contributed by atoms with van der Waals surface area (Å²) in [5.41, 5.74) is 1.06. The van der Waals surface area contributed by atoms with Crippen LogP contribution in [0, 0.1) is 0 Å². The second kappa shape index (κ2) is 4.77. The van der Waals surface area contributed by atoms with Gasteiger partial charge in [-0.1, -0.05) is 0 Å². The smallest absolute Gasteiger partial charge is 0.198 e. The molecular formula is C11H19N3O. The lowest BCUT2D eigenvalue weighted by Crippen LogP contribution is -2.13. The number of nitrogens with one attached hydrogen (secondary N) is 1. The summed E-state index contributed by atoms with van der Waals surface area (Å²) in [6, 6.07) is 0. The van der Waals surface area contributed by atoms with E-state index < -0.39 is 0 Å². The van der Waals surface area contributed by atoms with Gasteiger partial charge in [-0.15, -0.1) is 0 Å². The van der Waals surface area contributed by atoms with Gasteiger partial charge in [0.05, 0.1) is 5.69 Å². The van der Waals surface area contributed by atoms with Crippen molar-refractivity contribution in [2.24, 2.45) is 0 Å². The predicted octanol–water partition coefficient (Wildman–Crippen LogP) is 0.856. The third-order valence-electron chi connectivity index (χ3n) is 2.94. The summed E-state index contributed by atoms with van der Waals surface area (Å²) in [4.78, 5) is 6.85. The lowest BCUT2D eigenvalue weighted by atomic mass is 10.1. The van der Waals surface area contributed by atoms with Gasteiger partial charge in [0.2, 0.25) is 0 Å². The van der Waals surface area contributed by atoms with Gasteiger partial charge in [-0.3, -0.25) is 0 Å². The van der Waals surface area contributed by atoms with E-state index in [1.165, 1.54) is 6.42 Å². The number of rotatable bonds is 4. The lowest BCUT2D eigenvalue weighted by Gasteiger charge is -2.05. The Morgan fingerprint density at radius 1 is 1.67 bits per heavy atom. The average molecular weight is 209 g/mol. The summed E-state index contributed by atoms with van der Waals surface area (Å²) in [6.45, 7) is 3.18. The number of hydrogen-bond acceptors (Lipinski definition) is 4. The molecule has 1 atom stereocenters. The molecule has 0 aromatic carbocycles. The van der Waals surface area contributed by atoms with Crippen molar-refractivity contribution >= 4 is 0 Å². The van der Waals surface area contributed by atoms with Crippen molar-refractivity contribution in [1.82, 2.24) is 15.2 Å². The zero-order valence-electron chi connectivity index (χ0n) is 9.49. The quantitative estimate of drug-likeness (QED) is 0.798. The molecule has 0 bridgehead atoms. The first-order valence-corrected chi connectivity index (χ1v) is 5.57. The highest BCUT2D eigenvalue weighted by molar-refractivity contribution is 5.03. The molecule has 1 aliphatic rings. The van der Waals surface area contributed by atoms with Crippen molar-refractivity contribution < 1.29 is 4.42 Å². The van der Waals surface area contributed by atoms with Crippen molar-refractivity contribution in [1.29, 1.82) is 0 Å². The van der Waals surface area contributed by atoms with E-state index in [-0.39, 0.29) is 0 Å². The summed E-state index contributed by atoms with van der Waals surface area (Å²) in [6.07, 6.45) is 3.91. The van der Waals surface area contributed by atoms with Crippen LogP contribution in [0.15, 0.2) is 10.7 Å². The normalized spacial score (nSPS) is 22.4. The molecular weight excluding hydrogens is 190 g/mol. The zero-order valence-corrected chi connectivity index (χ0v) is 9.49. The maximum Gasteiger partial charge on any atom is 0.198 e. The molecule has 0 spiro atoms. The van der Waals surface area contributed by atoms with E-state index >= 15 is 0 Å². The van der Waals surface area contributed by atoms with Crippen LogP contribution in [0.2, 0.25) is 0 Å². The summed E-state index contributed by atoms with van der Waals surface area (Å²) >= 11 is 0. The standard InChI is InChI=1S/C11H19N3O/c1-12-5-3-10-8-15-11(13-10)9-4-6-14(2)7-9/h8-9,12H,3-7H2,1-2H3. The van der Waals surface area contributed by atoms with Crippen LogP contribution in [-0.4, -0.2) is 43.6 Å². The fourth-order valence-electron chi connectivity index (χ4n) is 2.01. The van der Waals surface area contributed by atoms with Crippen LogP contribution >= 0.6 is 0 Å². The molecule has 84 valence electrons. The number of likely N-dealkylation sites (tertiary alicyclic amines) is 1. The molecule has 2 rings (SSSR count). The molecule has 0 saturated carbocycles. The molecule has 1 aromatic rings. The molecule has 1 aromatic heterocycles. The van der Waals surface area contributed by atoms with Crippen molar-refractivity contribution in [3.05, 3.63) is 17.8 Å². The minimum atomic E-state index is 0.498. The fourth-order valence-corrected chi connectivity index (χ4v) is 2.01. The van der Waals surface area contributed by atoms with Crippen molar-refractivity contribution in [3.8, 4) is 0 Å². The summed E-state index contributed by atoms with van der Waals surface area (Å²) in [7, 11) is 4.10. The topological polar surface area (TPSA) is 41.3 Å². The molecule has 1 saturated heterocycles. The van der Waals surface area contributed by atoms with E-state index in [1.807, 2.05) is 7.05 Å². The summed E-state index contributed by atoms with van der Waals surface area (Å²) in [5, 5.41) is 3.11. The van der Waals surface area contributed by atoms with Crippen molar-refractivity contribution in [2.45, 2.75) is 18.8 Å². The van der Waals surface area contributed by atoms with Gasteiger partial charge in [0.25, 0.3) is 0 Å². The summed E-state index contributed by atoms with van der Waals surface area (Å²) < 4.78 is 5.53. The van der Waals surface area contributed by atoms with E-state index in [0.717, 1.165) is 37.6 Å². The third-order valence-corrected chi connectivity index (χ3v) is 2.94. The molecule has 4 heteroatoms. The highest BCUT2D eigenvalue weighted by Crippen LogP contribution is 2.25. The molecule has 0 amide bonds. The Bertz CT molecular complexity index is 311. The largest absolute Gasteiger partial charge is 0.448 e. The molecule has 0 radical (unpaired) electrons. The second-order valence-corrected chi connectivity index (χ2v) is 4.28. The van der Waals surface area contributed by atoms with Crippen LogP contribution in [-0.2, 0) is 6.42 Å². The lowest BCUT2D eigenvalue weighted by molar-refractivity contribution is 0.392. The SMILES string of the molecule is CNCCc1coc(C2CCN(C)C2)n1. The molecule has 2 heterocycles. The Hall–Kier alpha value is -0.870. The minimum absolute atomic E-state index is 0.498. The molecule has 1 aliphatic heterocycles. The van der Waals surface area contributed by atoms with Crippen LogP contribution in [0.1, 0.15) is 23.9 Å². The van der Waals surface area contributed by atoms with Gasteiger partial charge < -0.3 is 14.6 Å². The number of hydrogen-bond donors (Lipinski definition) is 1. The number of nitrogens with zero attached hydrogens (tertiary/aromatic N) is 2. The number of likely N-dealkylation sites (N-methyl/N-ethyl adjacent to an activating group) is 2. The Balaban J connectivity index is 1.94. The average Bonchev–Trinajstić information content (AvgIpc) is 2.83. The van der Waals surface area contributed by atoms with Crippen LogP contribution < -0.4 is 5.32 Å². The van der Waals surface area contributed by atoms with Crippen molar-refractivity contribution in [2.75, 3.05) is 33.7 Å². The van der Waals surface area contributed by atoms with Crippen LogP contribution in [0.25, 0.3) is 0 Å². The monoisotopic (exact) mass is 209 g/mol. The van der Waals surface area contributed by atoms with Gasteiger partial charge in [0.15, 0.2) is 5.89 Å². The Morgan fingerprint density at radius 2 is 2.53 bits per heavy atom. The molecule has 15 heavy (non-hydrogen) atoms. The molecule has 1 N–H and O–H groups in total. The number of oxazole rings is 1. The van der Waals surface area contributed by atoms with Crippen LogP contribution in [0.3, 0.4) is 0 Å². The first-order valence-electron chi connectivity index (χ1n) is 5.57. The molecule has 1 fully saturated rings. The minimum Gasteiger partial charge on any atom is -0.448 e. The molecule has 1 unspecified atom stereocenters. The van der Waals surface area contributed by atoms with Gasteiger partial charge in [0, 0.05) is 25.4 Å². The maximum absolute atomic E-state index is 5.53. The molecule has 0 aliphatic carbocycles. The Kier molecular flexibility index (Phi) is 3.38. The van der Waals surface area contributed by atoms with Gasteiger partial charge in [-0.2, -0.15) is 0 Å². The highest BCUT2D eigenvalue weighted by Gasteiger charge is 2.25. The van der Waals surface area contributed by atoms with Gasteiger partial charge in [-0.25, -0.2) is 4.98 Å². The van der Waals surface area contributed by atoms with Crippen molar-refractivity contribution in [3.63, 3.8) is 0 Å². The number of aromatic nitrogens is 1. The van der Waals surface area contributed by atoms with E-state index in [1.54, 1.807) is 6.26 Å². The third kappa shape index (κ3) is 2.58. The maximum atomic E-state index is 5.53. The van der Waals surface area contributed by atoms with Gasteiger partial charge in [-0.05, 0) is 27.1 Å². The zero-order chi connectivity index (χ0) is 10.7. The first-order chi connectivity index (χ1) is 7.29.